The summed E-state index contributed by atoms with van der Waals surface area (Å²) in [5, 5.41) is 5.26. The maximum absolute atomic E-state index is 12.1. The molecule has 0 bridgehead atoms. The largest absolute Gasteiger partial charge is 0.354 e. The smallest absolute Gasteiger partial charge is 0.317 e. The van der Waals surface area contributed by atoms with E-state index in [1.54, 1.807) is 19.0 Å². The number of hydrogen-bond donors (Lipinski definition) is 2. The van der Waals surface area contributed by atoms with Gasteiger partial charge >= 0.3 is 6.03 Å². The van der Waals surface area contributed by atoms with Crippen LogP contribution in [-0.2, 0) is 9.59 Å². The molecule has 1 aromatic rings. The number of rotatable bonds is 5. The van der Waals surface area contributed by atoms with Gasteiger partial charge in [-0.15, -0.1) is 0 Å². The third-order valence-corrected chi connectivity index (χ3v) is 3.67. The summed E-state index contributed by atoms with van der Waals surface area (Å²) in [5.41, 5.74) is 0.879. The predicted octanol–water partition coefficient (Wildman–Crippen LogP) is 0.427. The fourth-order valence-corrected chi connectivity index (χ4v) is 2.41. The molecular formula is C16H22N4O3. The van der Waals surface area contributed by atoms with E-state index in [0.717, 1.165) is 5.69 Å². The van der Waals surface area contributed by atoms with Crippen molar-refractivity contribution in [3.63, 3.8) is 0 Å². The van der Waals surface area contributed by atoms with Gasteiger partial charge in [-0.1, -0.05) is 18.2 Å². The van der Waals surface area contributed by atoms with Crippen LogP contribution in [0.3, 0.4) is 0 Å². The fraction of sp³-hybridized carbons (Fsp3) is 0.438. The number of hydrogen-bond acceptors (Lipinski definition) is 3. The van der Waals surface area contributed by atoms with Crippen LogP contribution in [0.2, 0.25) is 0 Å². The predicted molar refractivity (Wildman–Crippen MR) is 87.0 cm³/mol. The number of carbonyl (C=O) groups is 3. The molecule has 7 nitrogen and oxygen atoms in total. The van der Waals surface area contributed by atoms with E-state index < -0.39 is 0 Å². The van der Waals surface area contributed by atoms with Gasteiger partial charge in [-0.3, -0.25) is 9.59 Å². The molecule has 1 heterocycles. The Hall–Kier alpha value is -2.57. The lowest BCUT2D eigenvalue weighted by Crippen LogP contribution is -2.42. The Morgan fingerprint density at radius 1 is 1.22 bits per heavy atom. The van der Waals surface area contributed by atoms with Crippen LogP contribution in [0.15, 0.2) is 30.3 Å². The summed E-state index contributed by atoms with van der Waals surface area (Å²) in [5.74, 6) is -0.113. The minimum absolute atomic E-state index is 0.0661. The highest BCUT2D eigenvalue weighted by Gasteiger charge is 2.30. The van der Waals surface area contributed by atoms with Crippen molar-refractivity contribution >= 4 is 23.5 Å². The number of amides is 4. The van der Waals surface area contributed by atoms with Gasteiger partial charge in [0.25, 0.3) is 0 Å². The van der Waals surface area contributed by atoms with E-state index in [-0.39, 0.29) is 30.3 Å². The lowest BCUT2D eigenvalue weighted by Gasteiger charge is -2.17. The van der Waals surface area contributed by atoms with Crippen LogP contribution in [0.1, 0.15) is 6.42 Å². The van der Waals surface area contributed by atoms with Gasteiger partial charge in [0.05, 0.1) is 6.54 Å². The molecule has 1 aliphatic heterocycles. The average molecular weight is 318 g/mol. The van der Waals surface area contributed by atoms with Gasteiger partial charge in [0.2, 0.25) is 11.8 Å². The molecule has 1 aliphatic rings. The first-order chi connectivity index (χ1) is 11.0. The molecule has 23 heavy (non-hydrogen) atoms. The lowest BCUT2D eigenvalue weighted by atomic mass is 10.1. The second-order valence-electron chi connectivity index (χ2n) is 5.77. The summed E-state index contributed by atoms with van der Waals surface area (Å²) in [6, 6.07) is 9.18. The van der Waals surface area contributed by atoms with E-state index in [1.165, 1.54) is 4.90 Å². The van der Waals surface area contributed by atoms with Crippen molar-refractivity contribution in [2.24, 2.45) is 5.92 Å². The minimum Gasteiger partial charge on any atom is -0.354 e. The Kier molecular flexibility index (Phi) is 5.56. The second kappa shape index (κ2) is 7.62. The molecule has 2 rings (SSSR count). The molecule has 0 aliphatic carbocycles. The van der Waals surface area contributed by atoms with Gasteiger partial charge < -0.3 is 20.4 Å². The summed E-state index contributed by atoms with van der Waals surface area (Å²) in [6.07, 6.45) is 0.416. The average Bonchev–Trinajstić information content (AvgIpc) is 2.92. The molecule has 1 fully saturated rings. The maximum atomic E-state index is 12.1. The molecule has 0 unspecified atom stereocenters. The Bertz CT molecular complexity index is 574. The van der Waals surface area contributed by atoms with E-state index in [4.69, 9.17) is 0 Å². The van der Waals surface area contributed by atoms with Crippen LogP contribution in [-0.4, -0.2) is 56.5 Å². The van der Waals surface area contributed by atoms with Crippen molar-refractivity contribution in [1.82, 2.24) is 15.5 Å². The van der Waals surface area contributed by atoms with Crippen LogP contribution in [0, 0.1) is 5.92 Å². The molecule has 124 valence electrons. The third kappa shape index (κ3) is 4.70. The minimum atomic E-state index is -0.313. The number of nitrogens with zero attached hydrogens (tertiary/aromatic N) is 2. The molecule has 7 heteroatoms. The fourth-order valence-electron chi connectivity index (χ4n) is 2.41. The molecule has 1 saturated heterocycles. The molecule has 1 atom stereocenters. The van der Waals surface area contributed by atoms with Crippen LogP contribution < -0.4 is 15.5 Å². The monoisotopic (exact) mass is 318 g/mol. The van der Waals surface area contributed by atoms with Gasteiger partial charge in [0.15, 0.2) is 0 Å². The van der Waals surface area contributed by atoms with Crippen LogP contribution in [0.4, 0.5) is 10.5 Å². The lowest BCUT2D eigenvalue weighted by molar-refractivity contribution is -0.121. The van der Waals surface area contributed by atoms with Crippen molar-refractivity contribution in [3.05, 3.63) is 30.3 Å². The van der Waals surface area contributed by atoms with Crippen molar-refractivity contribution in [3.8, 4) is 0 Å². The number of anilines is 1. The molecule has 0 saturated carbocycles. The number of urea groups is 1. The van der Waals surface area contributed by atoms with E-state index >= 15 is 0 Å². The summed E-state index contributed by atoms with van der Waals surface area (Å²) in [7, 11) is 3.21. The summed E-state index contributed by atoms with van der Waals surface area (Å²) >= 11 is 0. The zero-order valence-corrected chi connectivity index (χ0v) is 13.4. The topological polar surface area (TPSA) is 81.8 Å². The van der Waals surface area contributed by atoms with Crippen LogP contribution >= 0.6 is 0 Å². The second-order valence-corrected chi connectivity index (χ2v) is 5.77. The number of nitrogens with one attached hydrogen (secondary N) is 2. The van der Waals surface area contributed by atoms with Crippen molar-refractivity contribution in [2.45, 2.75) is 6.42 Å². The Morgan fingerprint density at radius 3 is 2.57 bits per heavy atom. The Labute approximate surface area is 135 Å². The van der Waals surface area contributed by atoms with Crippen LogP contribution in [0.5, 0.6) is 0 Å². The molecule has 2 N–H and O–H groups in total. The highest BCUT2D eigenvalue weighted by molar-refractivity contribution is 5.95. The molecule has 4 amide bonds. The van der Waals surface area contributed by atoms with Crippen molar-refractivity contribution in [1.29, 1.82) is 0 Å². The van der Waals surface area contributed by atoms with Gasteiger partial charge in [0.1, 0.15) is 0 Å². The van der Waals surface area contributed by atoms with Gasteiger partial charge in [-0.2, -0.15) is 0 Å². The van der Waals surface area contributed by atoms with Gasteiger partial charge in [0, 0.05) is 45.2 Å². The summed E-state index contributed by atoms with van der Waals surface area (Å²) < 4.78 is 0. The van der Waals surface area contributed by atoms with E-state index in [0.29, 0.717) is 19.5 Å². The summed E-state index contributed by atoms with van der Waals surface area (Å²) in [4.78, 5) is 38.2. The van der Waals surface area contributed by atoms with Gasteiger partial charge in [-0.25, -0.2) is 4.79 Å². The standard InChI is InChI=1S/C16H22N4O3/c1-19(2)16(23)18-10-14(21)17-9-12-8-15(22)20(11-12)13-6-4-3-5-7-13/h3-7,12H,8-11H2,1-2H3,(H,17,21)(H,18,23)/t12-/m0/s1. The van der Waals surface area contributed by atoms with Gasteiger partial charge in [-0.05, 0) is 12.1 Å². The molecule has 0 aromatic heterocycles. The molecule has 1 aromatic carbocycles. The first kappa shape index (κ1) is 16.8. The molecule has 0 radical (unpaired) electrons. The Morgan fingerprint density at radius 2 is 1.91 bits per heavy atom. The Balaban J connectivity index is 1.76. The molecular weight excluding hydrogens is 296 g/mol. The highest BCUT2D eigenvalue weighted by Crippen LogP contribution is 2.24. The SMILES string of the molecule is CN(C)C(=O)NCC(=O)NC[C@@H]1CC(=O)N(c2ccccc2)C1. The summed E-state index contributed by atoms with van der Waals surface area (Å²) in [6.45, 7) is 0.943. The number of carbonyl (C=O) groups excluding carboxylic acids is 3. The number of para-hydroxylation sites is 1. The highest BCUT2D eigenvalue weighted by atomic mass is 16.2. The quantitative estimate of drug-likeness (QED) is 0.826. The first-order valence-electron chi connectivity index (χ1n) is 7.54. The maximum Gasteiger partial charge on any atom is 0.317 e. The van der Waals surface area contributed by atoms with E-state index in [2.05, 4.69) is 10.6 Å². The number of benzene rings is 1. The van der Waals surface area contributed by atoms with Crippen molar-refractivity contribution < 1.29 is 14.4 Å². The first-order valence-corrected chi connectivity index (χ1v) is 7.54. The third-order valence-electron chi connectivity index (χ3n) is 3.67. The normalized spacial score (nSPS) is 17.0. The van der Waals surface area contributed by atoms with E-state index in [1.807, 2.05) is 30.3 Å². The van der Waals surface area contributed by atoms with E-state index in [9.17, 15) is 14.4 Å². The zero-order chi connectivity index (χ0) is 16.8. The zero-order valence-electron chi connectivity index (χ0n) is 13.4. The van der Waals surface area contributed by atoms with Crippen LogP contribution in [0.25, 0.3) is 0 Å². The molecule has 0 spiro atoms. The van der Waals surface area contributed by atoms with Crippen molar-refractivity contribution in [2.75, 3.05) is 38.6 Å².